The molecule has 0 aromatic carbocycles. The van der Waals surface area contributed by atoms with Crippen LogP contribution >= 0.6 is 0 Å². The number of pyridine rings is 1. The highest BCUT2D eigenvalue weighted by Crippen LogP contribution is 2.40. The SMILES string of the molecule is O=C(CCc1cccnc1)N1CCC2(CCN(CC3CCCC3)C2)C1.O=C(O)C(F)(F)F.O=C(O)C(F)(F)F. The molecule has 1 aliphatic carbocycles. The van der Waals surface area contributed by atoms with Gasteiger partial charge in [0.15, 0.2) is 0 Å². The number of rotatable bonds is 5. The number of hydrogen-bond donors (Lipinski definition) is 2. The largest absolute Gasteiger partial charge is 0.490 e. The Kier molecular flexibility index (Phi) is 11.6. The van der Waals surface area contributed by atoms with E-state index in [-0.39, 0.29) is 0 Å². The Bertz CT molecular complexity index is 930. The molecule has 1 aromatic rings. The Morgan fingerprint density at radius 1 is 0.949 bits per heavy atom. The van der Waals surface area contributed by atoms with Crippen molar-refractivity contribution in [1.29, 1.82) is 0 Å². The fourth-order valence-electron chi connectivity index (χ4n) is 5.18. The van der Waals surface area contributed by atoms with E-state index in [1.807, 2.05) is 12.3 Å². The van der Waals surface area contributed by atoms with Gasteiger partial charge in [-0.25, -0.2) is 9.59 Å². The number of carbonyl (C=O) groups is 3. The van der Waals surface area contributed by atoms with Gasteiger partial charge in [0.25, 0.3) is 0 Å². The lowest BCUT2D eigenvalue weighted by Gasteiger charge is -2.26. The van der Waals surface area contributed by atoms with Crippen LogP contribution in [0, 0.1) is 11.3 Å². The first-order valence-corrected chi connectivity index (χ1v) is 12.6. The Balaban J connectivity index is 0.000000317. The van der Waals surface area contributed by atoms with Crippen molar-refractivity contribution < 1.29 is 50.9 Å². The lowest BCUT2D eigenvalue weighted by molar-refractivity contribution is -0.193. The van der Waals surface area contributed by atoms with E-state index in [1.54, 1.807) is 6.20 Å². The summed E-state index contributed by atoms with van der Waals surface area (Å²) in [7, 11) is 0. The van der Waals surface area contributed by atoms with E-state index in [2.05, 4.69) is 20.9 Å². The maximum absolute atomic E-state index is 12.6. The van der Waals surface area contributed by atoms with Gasteiger partial charge in [0, 0.05) is 50.4 Å². The van der Waals surface area contributed by atoms with Crippen LogP contribution in [0.25, 0.3) is 0 Å². The first-order chi connectivity index (χ1) is 18.1. The van der Waals surface area contributed by atoms with Crippen LogP contribution in [0.2, 0.25) is 0 Å². The molecule has 3 heterocycles. The molecule has 2 saturated heterocycles. The fraction of sp³-hybridized carbons (Fsp3) is 0.680. The van der Waals surface area contributed by atoms with E-state index in [9.17, 15) is 31.1 Å². The number of hydrogen-bond acceptors (Lipinski definition) is 5. The second-order valence-corrected chi connectivity index (χ2v) is 10.2. The predicted molar refractivity (Wildman–Crippen MR) is 127 cm³/mol. The molecule has 4 rings (SSSR count). The van der Waals surface area contributed by atoms with Crippen LogP contribution in [0.4, 0.5) is 26.3 Å². The third-order valence-corrected chi connectivity index (χ3v) is 7.13. The third kappa shape index (κ3) is 11.0. The summed E-state index contributed by atoms with van der Waals surface area (Å²) < 4.78 is 63.5. The maximum atomic E-state index is 12.6. The second kappa shape index (κ2) is 13.9. The molecule has 3 fully saturated rings. The number of nitrogens with zero attached hydrogens (tertiary/aromatic N) is 3. The van der Waals surface area contributed by atoms with Crippen molar-refractivity contribution in [3.8, 4) is 0 Å². The average molecular weight is 570 g/mol. The van der Waals surface area contributed by atoms with E-state index < -0.39 is 24.3 Å². The van der Waals surface area contributed by atoms with Crippen LogP contribution < -0.4 is 0 Å². The number of amides is 1. The van der Waals surface area contributed by atoms with E-state index in [0.717, 1.165) is 31.0 Å². The molecule has 220 valence electrons. The molecule has 1 spiro atoms. The first kappa shape index (κ1) is 32.3. The highest BCUT2D eigenvalue weighted by Gasteiger charge is 2.44. The standard InChI is InChI=1S/C21H31N3O.2C2HF3O2/c25-20(8-7-18-6-3-11-22-14-18)24-13-10-21(17-24)9-12-23(16-21)15-19-4-1-2-5-19;2*3-2(4,5)1(6)7/h3,6,11,14,19H,1-2,4-5,7-10,12-13,15-17H2;2*(H,6,7). The Labute approximate surface area is 222 Å². The van der Waals surface area contributed by atoms with Crippen LogP contribution in [-0.4, -0.2) is 87.9 Å². The highest BCUT2D eigenvalue weighted by atomic mass is 19.4. The van der Waals surface area contributed by atoms with E-state index in [1.165, 1.54) is 58.2 Å². The van der Waals surface area contributed by atoms with Crippen LogP contribution in [0.1, 0.15) is 50.5 Å². The van der Waals surface area contributed by atoms with Gasteiger partial charge in [-0.05, 0) is 56.2 Å². The monoisotopic (exact) mass is 569 g/mol. The number of aliphatic carboxylic acids is 2. The normalized spacial score (nSPS) is 21.7. The predicted octanol–water partition coefficient (Wildman–Crippen LogP) is 4.40. The molecule has 1 unspecified atom stereocenters. The van der Waals surface area contributed by atoms with Crippen molar-refractivity contribution in [3.63, 3.8) is 0 Å². The molecular formula is C25H33F6N3O5. The third-order valence-electron chi connectivity index (χ3n) is 7.13. The zero-order valence-corrected chi connectivity index (χ0v) is 21.3. The molecule has 1 aromatic heterocycles. The van der Waals surface area contributed by atoms with E-state index in [4.69, 9.17) is 19.8 Å². The molecule has 2 N–H and O–H groups in total. The minimum Gasteiger partial charge on any atom is -0.475 e. The maximum Gasteiger partial charge on any atom is 0.490 e. The molecule has 0 radical (unpaired) electrons. The van der Waals surface area contributed by atoms with Gasteiger partial charge in [-0.1, -0.05) is 18.9 Å². The number of aryl methyl sites for hydroxylation is 1. The molecule has 2 aliphatic heterocycles. The summed E-state index contributed by atoms with van der Waals surface area (Å²) in [6.07, 6.45) is 3.14. The van der Waals surface area contributed by atoms with Crippen molar-refractivity contribution in [2.75, 3.05) is 32.7 Å². The second-order valence-electron chi connectivity index (χ2n) is 10.2. The summed E-state index contributed by atoms with van der Waals surface area (Å²) in [6.45, 7) is 5.71. The summed E-state index contributed by atoms with van der Waals surface area (Å²) in [6, 6.07) is 4.01. The number of carboxylic acids is 2. The quantitative estimate of drug-likeness (QED) is 0.506. The fourth-order valence-corrected chi connectivity index (χ4v) is 5.18. The van der Waals surface area contributed by atoms with Crippen molar-refractivity contribution in [1.82, 2.24) is 14.8 Å². The zero-order chi connectivity index (χ0) is 29.3. The number of carbonyl (C=O) groups excluding carboxylic acids is 1. The number of likely N-dealkylation sites (tertiary alicyclic amines) is 2. The minimum absolute atomic E-state index is 0.329. The summed E-state index contributed by atoms with van der Waals surface area (Å²) in [4.78, 5) is 39.4. The molecule has 1 atom stereocenters. The van der Waals surface area contributed by atoms with Crippen LogP contribution in [0.5, 0.6) is 0 Å². The molecule has 1 amide bonds. The summed E-state index contributed by atoms with van der Waals surface area (Å²) in [5.41, 5.74) is 1.55. The van der Waals surface area contributed by atoms with Crippen molar-refractivity contribution in [2.45, 2.75) is 63.7 Å². The molecule has 14 heteroatoms. The smallest absolute Gasteiger partial charge is 0.475 e. The molecule has 8 nitrogen and oxygen atoms in total. The number of alkyl halides is 6. The van der Waals surface area contributed by atoms with Gasteiger partial charge in [-0.15, -0.1) is 0 Å². The van der Waals surface area contributed by atoms with Crippen molar-refractivity contribution in [2.24, 2.45) is 11.3 Å². The van der Waals surface area contributed by atoms with Gasteiger partial charge in [0.1, 0.15) is 0 Å². The lowest BCUT2D eigenvalue weighted by atomic mass is 9.86. The molecule has 3 aliphatic rings. The Hall–Kier alpha value is -2.90. The number of halogens is 6. The minimum atomic E-state index is -5.08. The van der Waals surface area contributed by atoms with E-state index >= 15 is 0 Å². The molecule has 1 saturated carbocycles. The van der Waals surface area contributed by atoms with Gasteiger partial charge in [0.05, 0.1) is 0 Å². The van der Waals surface area contributed by atoms with Gasteiger partial charge in [0.2, 0.25) is 5.91 Å². The Morgan fingerprint density at radius 3 is 2.03 bits per heavy atom. The summed E-state index contributed by atoms with van der Waals surface area (Å²) in [5.74, 6) is -4.25. The zero-order valence-electron chi connectivity index (χ0n) is 21.3. The average Bonchev–Trinajstić information content (AvgIpc) is 3.61. The molecule has 39 heavy (non-hydrogen) atoms. The molecular weight excluding hydrogens is 536 g/mol. The highest BCUT2D eigenvalue weighted by molar-refractivity contribution is 5.77. The molecule has 0 bridgehead atoms. The van der Waals surface area contributed by atoms with Gasteiger partial charge >= 0.3 is 24.3 Å². The topological polar surface area (TPSA) is 111 Å². The van der Waals surface area contributed by atoms with Crippen LogP contribution in [0.3, 0.4) is 0 Å². The summed E-state index contributed by atoms with van der Waals surface area (Å²) >= 11 is 0. The van der Waals surface area contributed by atoms with Crippen molar-refractivity contribution >= 4 is 17.8 Å². The first-order valence-electron chi connectivity index (χ1n) is 12.6. The number of aromatic nitrogens is 1. The number of carboxylic acid groups (broad SMARTS) is 2. The Morgan fingerprint density at radius 2 is 1.51 bits per heavy atom. The van der Waals surface area contributed by atoms with E-state index in [0.29, 0.717) is 17.7 Å². The van der Waals surface area contributed by atoms with Gasteiger partial charge in [-0.2, -0.15) is 26.3 Å². The van der Waals surface area contributed by atoms with Crippen LogP contribution in [-0.2, 0) is 20.8 Å². The van der Waals surface area contributed by atoms with Gasteiger partial charge < -0.3 is 20.0 Å². The van der Waals surface area contributed by atoms with Crippen molar-refractivity contribution in [3.05, 3.63) is 30.1 Å². The summed E-state index contributed by atoms with van der Waals surface area (Å²) in [5, 5.41) is 14.2. The lowest BCUT2D eigenvalue weighted by Crippen LogP contribution is -2.35. The van der Waals surface area contributed by atoms with Gasteiger partial charge in [-0.3, -0.25) is 9.78 Å². The van der Waals surface area contributed by atoms with Crippen LogP contribution in [0.15, 0.2) is 24.5 Å².